The molecular weight excluding hydrogens is 488 g/mol. The van der Waals surface area contributed by atoms with Crippen molar-refractivity contribution < 1.29 is 33.4 Å². The van der Waals surface area contributed by atoms with E-state index in [0.717, 1.165) is 31.4 Å². The average molecular weight is 527 g/mol. The zero-order valence-electron chi connectivity index (χ0n) is 20.7. The Morgan fingerprint density at radius 3 is 2.31 bits per heavy atom. The van der Waals surface area contributed by atoms with Gasteiger partial charge in [0.1, 0.15) is 0 Å². The molecule has 0 aromatic heterocycles. The van der Waals surface area contributed by atoms with E-state index in [2.05, 4.69) is 16.0 Å². The molecule has 0 aliphatic carbocycles. The average Bonchev–Trinajstić information content (AvgIpc) is 3.51. The van der Waals surface area contributed by atoms with E-state index < -0.39 is 0 Å². The zero-order valence-corrected chi connectivity index (χ0v) is 21.5. The number of ether oxygens (including phenoxy) is 3. The monoisotopic (exact) mass is 526 g/mol. The van der Waals surface area contributed by atoms with Crippen LogP contribution in [0.15, 0.2) is 12.2 Å². The number of carbonyl (C=O) groups excluding carboxylic acids is 4. The van der Waals surface area contributed by atoms with Gasteiger partial charge in [0.2, 0.25) is 5.91 Å². The van der Waals surface area contributed by atoms with E-state index >= 15 is 0 Å². The van der Waals surface area contributed by atoms with Crippen LogP contribution in [0.25, 0.3) is 0 Å². The fourth-order valence-electron chi connectivity index (χ4n) is 4.28. The summed E-state index contributed by atoms with van der Waals surface area (Å²) in [5, 5.41) is 9.31. The second-order valence-corrected chi connectivity index (χ2v) is 10.2. The minimum Gasteiger partial charge on any atom is -0.379 e. The van der Waals surface area contributed by atoms with Crippen LogP contribution in [0.1, 0.15) is 38.5 Å². The topological polar surface area (TPSA) is 135 Å². The Labute approximate surface area is 216 Å². The first-order chi connectivity index (χ1) is 17.5. The first-order valence-electron chi connectivity index (χ1n) is 12.8. The Hall–Kier alpha value is -2.15. The molecule has 2 fully saturated rings. The lowest BCUT2D eigenvalue weighted by atomic mass is 10.0. The number of nitrogens with one attached hydrogen (secondary N) is 3. The molecule has 3 atom stereocenters. The van der Waals surface area contributed by atoms with E-state index in [4.69, 9.17) is 14.2 Å². The van der Waals surface area contributed by atoms with Crippen LogP contribution in [0.4, 0.5) is 4.79 Å². The molecule has 0 spiro atoms. The summed E-state index contributed by atoms with van der Waals surface area (Å²) in [5.41, 5.74) is 0. The summed E-state index contributed by atoms with van der Waals surface area (Å²) in [4.78, 5) is 47.4. The summed E-state index contributed by atoms with van der Waals surface area (Å²) < 4.78 is 16.4. The second-order valence-electron chi connectivity index (χ2n) is 8.92. The highest BCUT2D eigenvalue weighted by molar-refractivity contribution is 8.00. The molecule has 3 unspecified atom stereocenters. The van der Waals surface area contributed by atoms with Crippen molar-refractivity contribution in [2.24, 2.45) is 0 Å². The molecule has 3 heterocycles. The van der Waals surface area contributed by atoms with Crippen LogP contribution in [0.3, 0.4) is 0 Å². The van der Waals surface area contributed by atoms with E-state index in [1.165, 1.54) is 17.1 Å². The minimum absolute atomic E-state index is 0.0597. The molecule has 0 aromatic rings. The summed E-state index contributed by atoms with van der Waals surface area (Å²) >= 11 is 1.90. The molecule has 2 saturated heterocycles. The van der Waals surface area contributed by atoms with E-state index in [0.29, 0.717) is 70.8 Å². The predicted octanol–water partition coefficient (Wildman–Crippen LogP) is 0.583. The number of nitrogens with zero attached hydrogens (tertiary/aromatic N) is 1. The number of fused-ring (bicyclic) bond motifs is 1. The summed E-state index contributed by atoms with van der Waals surface area (Å²) in [6.07, 6.45) is 7.29. The van der Waals surface area contributed by atoms with Gasteiger partial charge in [-0.2, -0.15) is 11.8 Å². The second kappa shape index (κ2) is 15.9. The number of hydrogen-bond donors (Lipinski definition) is 3. The Balaban J connectivity index is 1.02. The number of urea groups is 1. The number of thioether (sulfide) groups is 1. The fraction of sp³-hybridized carbons (Fsp3) is 0.750. The van der Waals surface area contributed by atoms with Crippen molar-refractivity contribution in [1.82, 2.24) is 20.9 Å². The number of unbranched alkanes of at least 4 members (excludes halogenated alkanes) is 1. The number of amides is 5. The van der Waals surface area contributed by atoms with Crippen molar-refractivity contribution in [1.29, 1.82) is 0 Å². The molecule has 3 aliphatic heterocycles. The standard InChI is InChI=1S/C24H38N4O7S/c29-20(6-2-1-5-19-23-18(17-36-19)26-24(32)27-23)25-9-3-11-33-13-15-35-16-14-34-12-4-10-28-21(30)7-8-22(28)31/h7-8,18-19,23H,1-6,9-17H2,(H,25,29)(H2,26,27,32). The van der Waals surface area contributed by atoms with Crippen molar-refractivity contribution in [3.05, 3.63) is 12.2 Å². The maximum Gasteiger partial charge on any atom is 0.315 e. The van der Waals surface area contributed by atoms with Gasteiger partial charge in [0.25, 0.3) is 11.8 Å². The van der Waals surface area contributed by atoms with Crippen LogP contribution < -0.4 is 16.0 Å². The summed E-state index contributed by atoms with van der Waals surface area (Å²) in [6.45, 7) is 3.83. The normalized spacial score (nSPS) is 22.7. The summed E-state index contributed by atoms with van der Waals surface area (Å²) in [5.74, 6) is 0.494. The van der Waals surface area contributed by atoms with Crippen molar-refractivity contribution in [3.8, 4) is 0 Å². The summed E-state index contributed by atoms with van der Waals surface area (Å²) in [6, 6.07) is 0.419. The number of rotatable bonds is 19. The molecular formula is C24H38N4O7S. The van der Waals surface area contributed by atoms with Crippen LogP contribution in [0.5, 0.6) is 0 Å². The minimum atomic E-state index is -0.270. The van der Waals surface area contributed by atoms with E-state index in [1.807, 2.05) is 11.8 Å². The lowest BCUT2D eigenvalue weighted by Gasteiger charge is -2.16. The Kier molecular flexibility index (Phi) is 12.5. The van der Waals surface area contributed by atoms with Gasteiger partial charge in [0.15, 0.2) is 0 Å². The van der Waals surface area contributed by atoms with E-state index in [9.17, 15) is 19.2 Å². The highest BCUT2D eigenvalue weighted by atomic mass is 32.2. The van der Waals surface area contributed by atoms with Gasteiger partial charge in [0.05, 0.1) is 38.5 Å². The van der Waals surface area contributed by atoms with Crippen molar-refractivity contribution in [3.63, 3.8) is 0 Å². The van der Waals surface area contributed by atoms with Crippen LogP contribution in [0, 0.1) is 0 Å². The van der Waals surface area contributed by atoms with Gasteiger partial charge < -0.3 is 30.2 Å². The molecule has 0 aromatic carbocycles. The van der Waals surface area contributed by atoms with Gasteiger partial charge in [-0.25, -0.2) is 4.79 Å². The molecule has 3 N–H and O–H groups in total. The van der Waals surface area contributed by atoms with Crippen molar-refractivity contribution in [2.45, 2.75) is 55.9 Å². The van der Waals surface area contributed by atoms with E-state index in [1.54, 1.807) is 0 Å². The molecule has 202 valence electrons. The summed E-state index contributed by atoms with van der Waals surface area (Å²) in [7, 11) is 0. The first-order valence-corrected chi connectivity index (χ1v) is 13.8. The van der Waals surface area contributed by atoms with Crippen molar-refractivity contribution >= 4 is 35.5 Å². The third-order valence-electron chi connectivity index (χ3n) is 6.18. The largest absolute Gasteiger partial charge is 0.379 e. The van der Waals surface area contributed by atoms with E-state index in [-0.39, 0.29) is 35.8 Å². The van der Waals surface area contributed by atoms with Gasteiger partial charge in [-0.3, -0.25) is 19.3 Å². The number of carbonyl (C=O) groups is 4. The zero-order chi connectivity index (χ0) is 25.6. The Bertz CT molecular complexity index is 764. The Morgan fingerprint density at radius 2 is 1.58 bits per heavy atom. The highest BCUT2D eigenvalue weighted by Gasteiger charge is 2.42. The maximum absolute atomic E-state index is 12.0. The maximum atomic E-state index is 12.0. The molecule has 0 radical (unpaired) electrons. The quantitative estimate of drug-likeness (QED) is 0.126. The molecule has 0 bridgehead atoms. The predicted molar refractivity (Wildman–Crippen MR) is 135 cm³/mol. The van der Waals surface area contributed by atoms with Crippen LogP contribution >= 0.6 is 11.8 Å². The van der Waals surface area contributed by atoms with Gasteiger partial charge >= 0.3 is 6.03 Å². The van der Waals surface area contributed by atoms with Gasteiger partial charge in [-0.05, 0) is 25.7 Å². The lowest BCUT2D eigenvalue weighted by Crippen LogP contribution is -2.36. The van der Waals surface area contributed by atoms with Gasteiger partial charge in [-0.1, -0.05) is 6.42 Å². The van der Waals surface area contributed by atoms with Crippen molar-refractivity contribution in [2.75, 3.05) is 58.5 Å². The van der Waals surface area contributed by atoms with Gasteiger partial charge in [0, 0.05) is 55.9 Å². The third kappa shape index (κ3) is 9.72. The SMILES string of the molecule is O=C(CCCCC1SCC2NC(=O)NC21)NCCCOCCOCCOCCCN1C(=O)C=CC1=O. The molecule has 3 aliphatic rings. The molecule has 0 saturated carbocycles. The number of hydrogen-bond acceptors (Lipinski definition) is 8. The molecule has 36 heavy (non-hydrogen) atoms. The molecule has 3 rings (SSSR count). The number of imide groups is 1. The first kappa shape index (κ1) is 28.4. The van der Waals surface area contributed by atoms with Gasteiger partial charge in [-0.15, -0.1) is 0 Å². The molecule has 5 amide bonds. The fourth-order valence-corrected chi connectivity index (χ4v) is 5.83. The van der Waals surface area contributed by atoms with Crippen LogP contribution in [-0.2, 0) is 28.6 Å². The van der Waals surface area contributed by atoms with Crippen LogP contribution in [-0.4, -0.2) is 104 Å². The smallest absolute Gasteiger partial charge is 0.315 e. The highest BCUT2D eigenvalue weighted by Crippen LogP contribution is 2.33. The third-order valence-corrected chi connectivity index (χ3v) is 7.69. The van der Waals surface area contributed by atoms with Crippen LogP contribution in [0.2, 0.25) is 0 Å². The molecule has 11 nitrogen and oxygen atoms in total. The lowest BCUT2D eigenvalue weighted by molar-refractivity contribution is -0.137. The Morgan fingerprint density at radius 1 is 0.917 bits per heavy atom. The molecule has 12 heteroatoms.